The number of hydrogen-bond acceptors (Lipinski definition) is 5. The first-order valence-corrected chi connectivity index (χ1v) is 7.65. The zero-order valence-corrected chi connectivity index (χ0v) is 13.7. The fourth-order valence-electron chi connectivity index (χ4n) is 2.16. The minimum Gasteiger partial charge on any atom is -0.381 e. The van der Waals surface area contributed by atoms with Crippen LogP contribution in [0.25, 0.3) is 11.2 Å². The van der Waals surface area contributed by atoms with Crippen LogP contribution in [0.2, 0.25) is 0 Å². The number of carbonyl (C=O) groups excluding carboxylic acids is 1. The average Bonchev–Trinajstić information content (AvgIpc) is 3.06. The average molecular weight is 356 g/mol. The molecule has 1 atom stereocenters. The van der Waals surface area contributed by atoms with Gasteiger partial charge in [-0.2, -0.15) is 4.39 Å². The van der Waals surface area contributed by atoms with Crippen molar-refractivity contribution < 1.29 is 13.6 Å². The molecule has 7 nitrogen and oxygen atoms in total. The Bertz CT molecular complexity index is 1000. The smallest absolute Gasteiger partial charge is 0.287 e. The maximum absolute atomic E-state index is 13.6. The highest BCUT2D eigenvalue weighted by Crippen LogP contribution is 2.14. The lowest BCUT2D eigenvalue weighted by Gasteiger charge is -2.08. The number of imidazole rings is 1. The summed E-state index contributed by atoms with van der Waals surface area (Å²) in [5.41, 5.74) is 6.07. The van der Waals surface area contributed by atoms with Crippen LogP contribution < -0.4 is 11.1 Å². The Balaban J connectivity index is 1.63. The summed E-state index contributed by atoms with van der Waals surface area (Å²) < 4.78 is 27.0. The third kappa shape index (κ3) is 3.59. The number of nitrogen functional groups attached to an aromatic ring is 1. The topological polar surface area (TPSA) is 110 Å². The molecule has 0 aliphatic carbocycles. The summed E-state index contributed by atoms with van der Waals surface area (Å²) in [7, 11) is 0. The molecule has 3 aromatic rings. The van der Waals surface area contributed by atoms with Crippen molar-refractivity contribution >= 4 is 22.9 Å². The quantitative estimate of drug-likeness (QED) is 0.620. The molecule has 26 heavy (non-hydrogen) atoms. The number of anilines is 1. The molecule has 0 unspecified atom stereocenters. The summed E-state index contributed by atoms with van der Waals surface area (Å²) in [5.74, 6) is 1.99. The molecule has 1 amide bonds. The van der Waals surface area contributed by atoms with Gasteiger partial charge >= 0.3 is 0 Å². The van der Waals surface area contributed by atoms with Gasteiger partial charge in [0.2, 0.25) is 5.82 Å². The molecule has 132 valence electrons. The number of carbonyl (C=O) groups is 1. The van der Waals surface area contributed by atoms with E-state index in [1.54, 1.807) is 25.3 Å². The fourth-order valence-corrected chi connectivity index (χ4v) is 2.16. The zero-order chi connectivity index (χ0) is 18.7. The van der Waals surface area contributed by atoms with Crippen LogP contribution in [-0.4, -0.2) is 31.9 Å². The first-order valence-electron chi connectivity index (χ1n) is 7.65. The number of nitrogens with two attached hydrogens (primary N) is 1. The number of H-pyrrole nitrogens is 1. The standard InChI is InChI=1S/C17H14F2N6O/c1-9(4-2-5-10-8-22-14(20)13(19)12(10)18)23-17(26)16-24-11-6-3-7-21-15(11)25-16/h3,6-9H,4H2,1H3,(H2,20,22)(H,23,26)(H,21,24,25)/t9-/m0/s1. The van der Waals surface area contributed by atoms with Crippen molar-refractivity contribution in [1.82, 2.24) is 25.3 Å². The van der Waals surface area contributed by atoms with Gasteiger partial charge in [-0.3, -0.25) is 4.79 Å². The highest BCUT2D eigenvalue weighted by atomic mass is 19.2. The molecular formula is C17H14F2N6O. The Morgan fingerprint density at radius 2 is 2.19 bits per heavy atom. The number of fused-ring (bicyclic) bond motifs is 1. The normalized spacial score (nSPS) is 11.7. The summed E-state index contributed by atoms with van der Waals surface area (Å²) in [5, 5.41) is 2.71. The third-order valence-electron chi connectivity index (χ3n) is 3.47. The van der Waals surface area contributed by atoms with Crippen LogP contribution >= 0.6 is 0 Å². The van der Waals surface area contributed by atoms with Gasteiger partial charge in [-0.25, -0.2) is 19.3 Å². The molecule has 0 aliphatic heterocycles. The number of nitrogens with zero attached hydrogens (tertiary/aromatic N) is 3. The SMILES string of the molecule is C[C@@H](CC#Cc1cnc(N)c(F)c1F)NC(=O)c1nc2ncccc2[nH]1. The van der Waals surface area contributed by atoms with Crippen molar-refractivity contribution in [3.63, 3.8) is 0 Å². The lowest BCUT2D eigenvalue weighted by molar-refractivity contribution is 0.0931. The van der Waals surface area contributed by atoms with E-state index in [9.17, 15) is 13.6 Å². The van der Waals surface area contributed by atoms with Crippen LogP contribution in [0.4, 0.5) is 14.6 Å². The number of hydrogen-bond donors (Lipinski definition) is 3. The third-order valence-corrected chi connectivity index (χ3v) is 3.47. The Morgan fingerprint density at radius 1 is 1.38 bits per heavy atom. The first kappa shape index (κ1) is 17.3. The summed E-state index contributed by atoms with van der Waals surface area (Å²) in [6.07, 6.45) is 2.86. The second kappa shape index (κ2) is 7.14. The summed E-state index contributed by atoms with van der Waals surface area (Å²) in [4.78, 5) is 26.7. The van der Waals surface area contributed by atoms with E-state index in [2.05, 4.69) is 37.1 Å². The van der Waals surface area contributed by atoms with Crippen molar-refractivity contribution in [2.24, 2.45) is 0 Å². The Kier molecular flexibility index (Phi) is 4.75. The molecular weight excluding hydrogens is 342 g/mol. The zero-order valence-electron chi connectivity index (χ0n) is 13.7. The molecule has 0 aliphatic rings. The minimum absolute atomic E-state index is 0.134. The van der Waals surface area contributed by atoms with Gasteiger partial charge in [0.25, 0.3) is 5.91 Å². The Labute approximate surface area is 147 Å². The molecule has 9 heteroatoms. The number of aromatic amines is 1. The van der Waals surface area contributed by atoms with E-state index in [4.69, 9.17) is 5.73 Å². The van der Waals surface area contributed by atoms with E-state index >= 15 is 0 Å². The van der Waals surface area contributed by atoms with Crippen molar-refractivity contribution in [3.05, 3.63) is 47.5 Å². The number of aromatic nitrogens is 4. The Morgan fingerprint density at radius 3 is 2.96 bits per heavy atom. The highest BCUT2D eigenvalue weighted by molar-refractivity contribution is 5.93. The van der Waals surface area contributed by atoms with Gasteiger partial charge in [-0.15, -0.1) is 0 Å². The van der Waals surface area contributed by atoms with Crippen molar-refractivity contribution in [1.29, 1.82) is 0 Å². The molecule has 3 heterocycles. The fraction of sp³-hybridized carbons (Fsp3) is 0.176. The summed E-state index contributed by atoms with van der Waals surface area (Å²) >= 11 is 0. The van der Waals surface area contributed by atoms with Crippen LogP contribution in [0.15, 0.2) is 24.5 Å². The molecule has 0 saturated heterocycles. The van der Waals surface area contributed by atoms with Gasteiger partial charge in [0.05, 0.1) is 11.1 Å². The second-order valence-corrected chi connectivity index (χ2v) is 5.53. The van der Waals surface area contributed by atoms with E-state index in [0.717, 1.165) is 6.20 Å². The second-order valence-electron chi connectivity index (χ2n) is 5.53. The molecule has 0 aromatic carbocycles. The molecule has 3 aromatic heterocycles. The van der Waals surface area contributed by atoms with E-state index in [1.165, 1.54) is 0 Å². The van der Waals surface area contributed by atoms with Gasteiger partial charge in [0.15, 0.2) is 23.1 Å². The van der Waals surface area contributed by atoms with Gasteiger partial charge < -0.3 is 16.0 Å². The molecule has 0 radical (unpaired) electrons. The van der Waals surface area contributed by atoms with Crippen LogP contribution in [0.5, 0.6) is 0 Å². The summed E-state index contributed by atoms with van der Waals surface area (Å²) in [6.45, 7) is 1.73. The van der Waals surface area contributed by atoms with E-state index < -0.39 is 23.4 Å². The van der Waals surface area contributed by atoms with Crippen LogP contribution in [0.3, 0.4) is 0 Å². The van der Waals surface area contributed by atoms with E-state index in [0.29, 0.717) is 11.2 Å². The maximum Gasteiger partial charge on any atom is 0.287 e. The molecule has 0 saturated carbocycles. The maximum atomic E-state index is 13.6. The van der Waals surface area contributed by atoms with Crippen LogP contribution in [0, 0.1) is 23.5 Å². The number of rotatable bonds is 3. The van der Waals surface area contributed by atoms with Gasteiger partial charge in [0.1, 0.15) is 0 Å². The van der Waals surface area contributed by atoms with Crippen LogP contribution in [0.1, 0.15) is 29.5 Å². The van der Waals surface area contributed by atoms with Crippen molar-refractivity contribution in [2.75, 3.05) is 5.73 Å². The number of pyridine rings is 2. The monoisotopic (exact) mass is 356 g/mol. The van der Waals surface area contributed by atoms with Crippen molar-refractivity contribution in [2.45, 2.75) is 19.4 Å². The summed E-state index contributed by atoms with van der Waals surface area (Å²) in [6, 6.07) is 3.15. The largest absolute Gasteiger partial charge is 0.381 e. The lowest BCUT2D eigenvalue weighted by Crippen LogP contribution is -2.32. The van der Waals surface area contributed by atoms with Crippen molar-refractivity contribution in [3.8, 4) is 11.8 Å². The van der Waals surface area contributed by atoms with Gasteiger partial charge in [-0.1, -0.05) is 11.8 Å². The number of amides is 1. The van der Waals surface area contributed by atoms with E-state index in [1.807, 2.05) is 0 Å². The molecule has 0 spiro atoms. The van der Waals surface area contributed by atoms with Gasteiger partial charge in [0, 0.05) is 24.9 Å². The first-order chi connectivity index (χ1) is 12.5. The minimum atomic E-state index is -1.23. The van der Waals surface area contributed by atoms with E-state index in [-0.39, 0.29) is 23.9 Å². The molecule has 0 fully saturated rings. The molecule has 3 rings (SSSR count). The lowest BCUT2D eigenvalue weighted by atomic mass is 10.2. The number of halogens is 2. The predicted molar refractivity (Wildman–Crippen MR) is 90.9 cm³/mol. The van der Waals surface area contributed by atoms with Crippen LogP contribution in [-0.2, 0) is 0 Å². The predicted octanol–water partition coefficient (Wildman–Crippen LogP) is 1.77. The molecule has 4 N–H and O–H groups in total. The highest BCUT2D eigenvalue weighted by Gasteiger charge is 2.14. The number of nitrogens with one attached hydrogen (secondary N) is 2. The molecule has 0 bridgehead atoms. The Hall–Kier alpha value is -3.54. The van der Waals surface area contributed by atoms with Gasteiger partial charge in [-0.05, 0) is 19.1 Å².